The van der Waals surface area contributed by atoms with E-state index in [9.17, 15) is 14.4 Å². The van der Waals surface area contributed by atoms with Gasteiger partial charge >= 0.3 is 6.03 Å². The van der Waals surface area contributed by atoms with Crippen molar-refractivity contribution in [1.82, 2.24) is 25.5 Å². The predicted molar refractivity (Wildman–Crippen MR) is 123 cm³/mol. The van der Waals surface area contributed by atoms with Crippen LogP contribution in [-0.4, -0.2) is 46.4 Å². The second-order valence-corrected chi connectivity index (χ2v) is 8.52. The first kappa shape index (κ1) is 21.6. The lowest BCUT2D eigenvalue weighted by molar-refractivity contribution is -0.124. The normalized spacial score (nSPS) is 19.1. The minimum Gasteiger partial charge on any atom is -0.497 e. The summed E-state index contributed by atoms with van der Waals surface area (Å²) in [6.45, 7) is 4.08. The summed E-state index contributed by atoms with van der Waals surface area (Å²) >= 11 is 0. The molecule has 0 radical (unpaired) electrons. The van der Waals surface area contributed by atoms with Gasteiger partial charge in [0.15, 0.2) is 5.54 Å². The zero-order chi connectivity index (χ0) is 24.0. The SMILES string of the molecule is COc1ccc2c(c1)C(=O)N(C[C@@]1(c3ccc(-c4nc(C)cnc4C)cc3)NC(=O)NC1=O)C2. The Hall–Kier alpha value is -4.27. The number of carbonyl (C=O) groups is 3. The maximum atomic E-state index is 13.1. The summed E-state index contributed by atoms with van der Waals surface area (Å²) in [5.74, 6) is -0.136. The van der Waals surface area contributed by atoms with Crippen LogP contribution >= 0.6 is 0 Å². The highest BCUT2D eigenvalue weighted by Crippen LogP contribution is 2.33. The summed E-state index contributed by atoms with van der Waals surface area (Å²) in [5.41, 5.74) is 3.71. The molecule has 3 heterocycles. The van der Waals surface area contributed by atoms with Crippen LogP contribution in [0.15, 0.2) is 48.7 Å². The third-order valence-corrected chi connectivity index (χ3v) is 6.29. The van der Waals surface area contributed by atoms with E-state index in [-0.39, 0.29) is 12.5 Å². The molecule has 1 aromatic heterocycles. The number of nitrogens with zero attached hydrogens (tertiary/aromatic N) is 3. The average molecular weight is 457 g/mol. The van der Waals surface area contributed by atoms with Gasteiger partial charge in [-0.2, -0.15) is 0 Å². The van der Waals surface area contributed by atoms with Gasteiger partial charge in [-0.15, -0.1) is 0 Å². The van der Waals surface area contributed by atoms with Crippen molar-refractivity contribution in [3.8, 4) is 17.0 Å². The summed E-state index contributed by atoms with van der Waals surface area (Å²) < 4.78 is 5.24. The van der Waals surface area contributed by atoms with Crippen molar-refractivity contribution in [3.05, 3.63) is 76.7 Å². The monoisotopic (exact) mass is 457 g/mol. The van der Waals surface area contributed by atoms with E-state index in [1.165, 1.54) is 0 Å². The molecule has 1 saturated heterocycles. The van der Waals surface area contributed by atoms with Gasteiger partial charge < -0.3 is 15.0 Å². The molecule has 34 heavy (non-hydrogen) atoms. The summed E-state index contributed by atoms with van der Waals surface area (Å²) in [6.07, 6.45) is 1.71. The van der Waals surface area contributed by atoms with Gasteiger partial charge in [0.25, 0.3) is 11.8 Å². The molecule has 5 rings (SSSR count). The van der Waals surface area contributed by atoms with Crippen LogP contribution in [0.5, 0.6) is 5.75 Å². The molecule has 2 N–H and O–H groups in total. The van der Waals surface area contributed by atoms with Gasteiger partial charge in [0.1, 0.15) is 5.75 Å². The molecule has 3 aromatic rings. The van der Waals surface area contributed by atoms with Crippen molar-refractivity contribution in [2.45, 2.75) is 25.9 Å². The van der Waals surface area contributed by atoms with Crippen molar-refractivity contribution in [2.24, 2.45) is 0 Å². The number of amides is 4. The molecule has 9 nitrogen and oxygen atoms in total. The van der Waals surface area contributed by atoms with Crippen LogP contribution in [0, 0.1) is 13.8 Å². The van der Waals surface area contributed by atoms with Crippen molar-refractivity contribution in [3.63, 3.8) is 0 Å². The Balaban J connectivity index is 1.49. The first-order valence-electron chi connectivity index (χ1n) is 10.8. The molecule has 0 bridgehead atoms. The lowest BCUT2D eigenvalue weighted by atomic mass is 9.88. The Morgan fingerprint density at radius 1 is 1.09 bits per heavy atom. The molecule has 2 aliphatic heterocycles. The first-order valence-corrected chi connectivity index (χ1v) is 10.8. The van der Waals surface area contributed by atoms with Crippen LogP contribution in [0.25, 0.3) is 11.3 Å². The van der Waals surface area contributed by atoms with Crippen LogP contribution < -0.4 is 15.4 Å². The van der Waals surface area contributed by atoms with Gasteiger partial charge in [-0.1, -0.05) is 30.3 Å². The highest BCUT2D eigenvalue weighted by atomic mass is 16.5. The van der Waals surface area contributed by atoms with Crippen molar-refractivity contribution >= 4 is 17.8 Å². The van der Waals surface area contributed by atoms with E-state index in [1.807, 2.05) is 32.0 Å². The van der Waals surface area contributed by atoms with E-state index in [1.54, 1.807) is 42.5 Å². The summed E-state index contributed by atoms with van der Waals surface area (Å²) in [5, 5.41) is 5.09. The number of ether oxygens (including phenoxy) is 1. The van der Waals surface area contributed by atoms with E-state index in [2.05, 4.69) is 20.6 Å². The average Bonchev–Trinajstić information content (AvgIpc) is 3.30. The number of carbonyl (C=O) groups excluding carboxylic acids is 3. The van der Waals surface area contributed by atoms with Crippen molar-refractivity contribution in [1.29, 1.82) is 0 Å². The van der Waals surface area contributed by atoms with Gasteiger partial charge in [-0.05, 0) is 37.1 Å². The third-order valence-electron chi connectivity index (χ3n) is 6.29. The molecule has 9 heteroatoms. The zero-order valence-electron chi connectivity index (χ0n) is 19.0. The molecular formula is C25H23N5O4. The number of urea groups is 1. The first-order chi connectivity index (χ1) is 16.3. The second kappa shape index (κ2) is 7.95. The highest BCUT2D eigenvalue weighted by Gasteiger charge is 2.50. The summed E-state index contributed by atoms with van der Waals surface area (Å²) in [4.78, 5) is 48.9. The number of nitrogens with one attached hydrogen (secondary N) is 2. The molecule has 1 fully saturated rings. The number of aromatic nitrogens is 2. The fraction of sp³-hybridized carbons (Fsp3) is 0.240. The summed E-state index contributed by atoms with van der Waals surface area (Å²) in [6, 6.07) is 12.0. The van der Waals surface area contributed by atoms with Crippen LogP contribution in [-0.2, 0) is 16.9 Å². The van der Waals surface area contributed by atoms with Gasteiger partial charge in [0.2, 0.25) is 0 Å². The Labute approximate surface area is 196 Å². The number of rotatable bonds is 5. The van der Waals surface area contributed by atoms with E-state index in [4.69, 9.17) is 4.74 Å². The fourth-order valence-electron chi connectivity index (χ4n) is 4.50. The van der Waals surface area contributed by atoms with Crippen LogP contribution in [0.4, 0.5) is 4.79 Å². The number of methoxy groups -OCH3 is 1. The molecule has 172 valence electrons. The molecule has 0 spiro atoms. The molecular weight excluding hydrogens is 434 g/mol. The van der Waals surface area contributed by atoms with Gasteiger partial charge in [-0.3, -0.25) is 19.9 Å². The number of hydrogen-bond acceptors (Lipinski definition) is 6. The van der Waals surface area contributed by atoms with Crippen molar-refractivity contribution in [2.75, 3.05) is 13.7 Å². The fourth-order valence-corrected chi connectivity index (χ4v) is 4.50. The molecule has 0 aliphatic carbocycles. The smallest absolute Gasteiger partial charge is 0.322 e. The second-order valence-electron chi connectivity index (χ2n) is 8.52. The van der Waals surface area contributed by atoms with Crippen molar-refractivity contribution < 1.29 is 19.1 Å². The molecule has 2 aromatic carbocycles. The Bertz CT molecular complexity index is 1340. The third kappa shape index (κ3) is 3.45. The number of hydrogen-bond donors (Lipinski definition) is 2. The maximum absolute atomic E-state index is 13.1. The Morgan fingerprint density at radius 2 is 1.85 bits per heavy atom. The number of fused-ring (bicyclic) bond motifs is 1. The highest BCUT2D eigenvalue weighted by molar-refractivity contribution is 6.08. The van der Waals surface area contributed by atoms with E-state index >= 15 is 0 Å². The standard InChI is InChI=1S/C25H23N5O4/c1-14-11-26-15(2)21(27-14)16-4-7-18(8-5-16)25(23(32)28-24(33)29-25)13-30-12-17-6-9-19(34-3)10-20(17)22(30)31/h4-11H,12-13H2,1-3H3,(H2,28,29,32,33)/t25-/m0/s1. The minimum absolute atomic E-state index is 0.0109. The molecule has 1 atom stereocenters. The zero-order valence-corrected chi connectivity index (χ0v) is 19.0. The van der Waals surface area contributed by atoms with E-state index in [0.29, 0.717) is 23.4 Å². The molecule has 4 amide bonds. The number of benzene rings is 2. The molecule has 2 aliphatic rings. The van der Waals surface area contributed by atoms with Crippen LogP contribution in [0.2, 0.25) is 0 Å². The van der Waals surface area contributed by atoms with Gasteiger partial charge in [-0.25, -0.2) is 9.78 Å². The lowest BCUT2D eigenvalue weighted by Gasteiger charge is -2.31. The van der Waals surface area contributed by atoms with Crippen LogP contribution in [0.1, 0.15) is 32.9 Å². The van der Waals surface area contributed by atoms with E-state index in [0.717, 1.165) is 28.2 Å². The number of aryl methyl sites for hydroxylation is 2. The summed E-state index contributed by atoms with van der Waals surface area (Å²) in [7, 11) is 1.54. The number of imide groups is 1. The topological polar surface area (TPSA) is 114 Å². The quantitative estimate of drug-likeness (QED) is 0.569. The Morgan fingerprint density at radius 3 is 2.53 bits per heavy atom. The molecule has 0 saturated carbocycles. The largest absolute Gasteiger partial charge is 0.497 e. The molecule has 0 unspecified atom stereocenters. The predicted octanol–water partition coefficient (Wildman–Crippen LogP) is 2.46. The van der Waals surface area contributed by atoms with Gasteiger partial charge in [0, 0.05) is 23.9 Å². The minimum atomic E-state index is -1.41. The van der Waals surface area contributed by atoms with Gasteiger partial charge in [0.05, 0.1) is 30.7 Å². The maximum Gasteiger partial charge on any atom is 0.322 e. The van der Waals surface area contributed by atoms with E-state index < -0.39 is 17.5 Å². The van der Waals surface area contributed by atoms with Crippen LogP contribution in [0.3, 0.4) is 0 Å². The lowest BCUT2D eigenvalue weighted by Crippen LogP contribution is -2.52. The Kier molecular flexibility index (Phi) is 5.04.